The van der Waals surface area contributed by atoms with E-state index in [1.54, 1.807) is 31.4 Å². The van der Waals surface area contributed by atoms with Gasteiger partial charge in [-0.25, -0.2) is 4.21 Å². The van der Waals surface area contributed by atoms with Crippen molar-refractivity contribution in [1.29, 1.82) is 0 Å². The van der Waals surface area contributed by atoms with Crippen LogP contribution < -0.4 is 8.92 Å². The lowest BCUT2D eigenvalue weighted by atomic mass is 10.2. The van der Waals surface area contributed by atoms with Crippen LogP contribution in [0.4, 0.5) is 0 Å². The van der Waals surface area contributed by atoms with Crippen molar-refractivity contribution in [3.63, 3.8) is 0 Å². The van der Waals surface area contributed by atoms with Crippen molar-refractivity contribution in [2.24, 2.45) is 4.36 Å². The smallest absolute Gasteiger partial charge is 0.236 e. The summed E-state index contributed by atoms with van der Waals surface area (Å²) in [6.07, 6.45) is 0. The van der Waals surface area contributed by atoms with Crippen LogP contribution in [0.5, 0.6) is 11.5 Å². The molecule has 0 aliphatic carbocycles. The molecular formula is C20H19NO3S. The summed E-state index contributed by atoms with van der Waals surface area (Å²) in [4.78, 5) is 0.548. The van der Waals surface area contributed by atoms with E-state index in [1.807, 2.05) is 60.7 Å². The summed E-state index contributed by atoms with van der Waals surface area (Å²) in [6.45, 7) is 0.282. The van der Waals surface area contributed by atoms with Gasteiger partial charge >= 0.3 is 0 Å². The number of methoxy groups -OCH3 is 1. The van der Waals surface area contributed by atoms with Crippen LogP contribution in [-0.4, -0.2) is 11.3 Å². The first kappa shape index (κ1) is 17.0. The van der Waals surface area contributed by atoms with Crippen LogP contribution in [0.25, 0.3) is 0 Å². The van der Waals surface area contributed by atoms with Crippen LogP contribution in [-0.2, 0) is 16.6 Å². The maximum atomic E-state index is 13.4. The second-order valence-corrected chi connectivity index (χ2v) is 7.17. The van der Waals surface area contributed by atoms with Crippen molar-refractivity contribution in [3.05, 3.63) is 90.5 Å². The summed E-state index contributed by atoms with van der Waals surface area (Å²) >= 11 is 0. The molecule has 0 heterocycles. The molecule has 0 fully saturated rings. The number of hydrogen-bond acceptors (Lipinski definition) is 4. The molecule has 0 radical (unpaired) electrons. The molecule has 0 aliphatic heterocycles. The van der Waals surface area contributed by atoms with Crippen molar-refractivity contribution in [3.8, 4) is 11.5 Å². The lowest BCUT2D eigenvalue weighted by molar-refractivity contribution is 0.414. The van der Waals surface area contributed by atoms with Crippen LogP contribution in [0.3, 0.4) is 0 Å². The van der Waals surface area contributed by atoms with E-state index in [0.717, 1.165) is 11.3 Å². The number of nitrogens with zero attached hydrogens (tertiary/aromatic N) is 1. The first-order valence-corrected chi connectivity index (χ1v) is 9.29. The Balaban J connectivity index is 1.94. The SMILES string of the molecule is COc1ccc(CN=[S@@](=O)(Oc2ccccc2)c2ccccc2)cc1. The average molecular weight is 353 g/mol. The number of ether oxygens (including phenoxy) is 1. The van der Waals surface area contributed by atoms with E-state index < -0.39 is 10.0 Å². The van der Waals surface area contributed by atoms with E-state index in [9.17, 15) is 4.21 Å². The molecule has 3 aromatic rings. The van der Waals surface area contributed by atoms with Crippen LogP contribution in [0.1, 0.15) is 5.56 Å². The number of benzene rings is 3. The highest BCUT2D eigenvalue weighted by Gasteiger charge is 2.14. The molecule has 1 atom stereocenters. The quantitative estimate of drug-likeness (QED) is 0.644. The predicted octanol–water partition coefficient (Wildman–Crippen LogP) is 4.72. The summed E-state index contributed by atoms with van der Waals surface area (Å²) in [6, 6.07) is 25.7. The molecule has 128 valence electrons. The van der Waals surface area contributed by atoms with Crippen molar-refractivity contribution in [2.75, 3.05) is 7.11 Å². The molecule has 0 saturated heterocycles. The molecule has 0 aromatic heterocycles. The van der Waals surface area contributed by atoms with Gasteiger partial charge in [0.1, 0.15) is 11.5 Å². The first-order chi connectivity index (χ1) is 12.2. The van der Waals surface area contributed by atoms with E-state index in [1.165, 1.54) is 0 Å². The fraction of sp³-hybridized carbons (Fsp3) is 0.100. The molecule has 0 spiro atoms. The standard InChI is InChI=1S/C20H19NO3S/c1-23-18-14-12-17(13-15-18)16-21-25(22,20-10-6-3-7-11-20)24-19-8-4-2-5-9-19/h2-15H,16H2,1H3/t25-/m0/s1. The van der Waals surface area contributed by atoms with Gasteiger partial charge in [0.15, 0.2) is 0 Å². The summed E-state index contributed by atoms with van der Waals surface area (Å²) < 4.78 is 28.8. The third kappa shape index (κ3) is 4.39. The molecule has 0 saturated carbocycles. The summed E-state index contributed by atoms with van der Waals surface area (Å²) in [5.41, 5.74) is 0.932. The molecule has 0 N–H and O–H groups in total. The molecule has 0 amide bonds. The molecule has 0 unspecified atom stereocenters. The van der Waals surface area contributed by atoms with Crippen LogP contribution in [0.2, 0.25) is 0 Å². The van der Waals surface area contributed by atoms with Gasteiger partial charge in [0.25, 0.3) is 0 Å². The topological polar surface area (TPSA) is 47.9 Å². The third-order valence-electron chi connectivity index (χ3n) is 3.57. The Labute approximate surface area is 148 Å². The number of rotatable bonds is 6. The fourth-order valence-corrected chi connectivity index (χ4v) is 3.73. The largest absolute Gasteiger partial charge is 0.497 e. The minimum Gasteiger partial charge on any atom is -0.497 e. The number of hydrogen-bond donors (Lipinski definition) is 0. The first-order valence-electron chi connectivity index (χ1n) is 7.85. The highest BCUT2D eigenvalue weighted by molar-refractivity contribution is 7.89. The van der Waals surface area contributed by atoms with E-state index >= 15 is 0 Å². The summed E-state index contributed by atoms with van der Waals surface area (Å²) in [5, 5.41) is 0. The van der Waals surface area contributed by atoms with Crippen LogP contribution in [0.15, 0.2) is 94.2 Å². The Bertz CT molecular complexity index is 916. The third-order valence-corrected chi connectivity index (χ3v) is 5.32. The molecule has 0 bridgehead atoms. The van der Waals surface area contributed by atoms with Gasteiger partial charge in [0, 0.05) is 0 Å². The van der Waals surface area contributed by atoms with Crippen LogP contribution >= 0.6 is 0 Å². The Morgan fingerprint density at radius 1 is 0.800 bits per heavy atom. The van der Waals surface area contributed by atoms with Crippen molar-refractivity contribution in [2.45, 2.75) is 11.4 Å². The van der Waals surface area contributed by atoms with E-state index in [4.69, 9.17) is 8.92 Å². The molecule has 4 nitrogen and oxygen atoms in total. The lowest BCUT2D eigenvalue weighted by Crippen LogP contribution is -2.10. The maximum Gasteiger partial charge on any atom is 0.236 e. The van der Waals surface area contributed by atoms with E-state index in [0.29, 0.717) is 10.6 Å². The molecule has 25 heavy (non-hydrogen) atoms. The second kappa shape index (κ2) is 7.85. The van der Waals surface area contributed by atoms with Gasteiger partial charge in [0.2, 0.25) is 10.0 Å². The minimum atomic E-state index is -3.04. The maximum absolute atomic E-state index is 13.4. The van der Waals surface area contributed by atoms with Crippen molar-refractivity contribution >= 4 is 10.0 Å². The summed E-state index contributed by atoms with van der Waals surface area (Å²) in [5.74, 6) is 1.29. The average Bonchev–Trinajstić information content (AvgIpc) is 2.68. The molecular weight excluding hydrogens is 334 g/mol. The van der Waals surface area contributed by atoms with Gasteiger partial charge in [-0.3, -0.25) is 0 Å². The monoisotopic (exact) mass is 353 g/mol. The highest BCUT2D eigenvalue weighted by atomic mass is 32.2. The van der Waals surface area contributed by atoms with Gasteiger partial charge in [0.05, 0.1) is 18.6 Å². The minimum absolute atomic E-state index is 0.282. The van der Waals surface area contributed by atoms with Gasteiger partial charge < -0.3 is 8.92 Å². The van der Waals surface area contributed by atoms with Gasteiger partial charge in [-0.1, -0.05) is 48.5 Å². The predicted molar refractivity (Wildman–Crippen MR) is 99.0 cm³/mol. The number of para-hydroxylation sites is 1. The Kier molecular flexibility index (Phi) is 5.36. The zero-order valence-electron chi connectivity index (χ0n) is 13.9. The van der Waals surface area contributed by atoms with Gasteiger partial charge in [-0.05, 0) is 42.0 Å². The molecule has 3 rings (SSSR count). The van der Waals surface area contributed by atoms with E-state index in [-0.39, 0.29) is 6.54 Å². The van der Waals surface area contributed by atoms with E-state index in [2.05, 4.69) is 4.36 Å². The van der Waals surface area contributed by atoms with Crippen LogP contribution in [0, 0.1) is 0 Å². The zero-order chi connectivity index (χ0) is 17.5. The lowest BCUT2D eigenvalue weighted by Gasteiger charge is -2.12. The Hall–Kier alpha value is -2.79. The van der Waals surface area contributed by atoms with Gasteiger partial charge in [-0.2, -0.15) is 4.36 Å². The molecule has 3 aromatic carbocycles. The molecule has 0 aliphatic rings. The van der Waals surface area contributed by atoms with Gasteiger partial charge in [-0.15, -0.1) is 0 Å². The van der Waals surface area contributed by atoms with Crippen molar-refractivity contribution in [1.82, 2.24) is 0 Å². The highest BCUT2D eigenvalue weighted by Crippen LogP contribution is 2.21. The van der Waals surface area contributed by atoms with Crippen molar-refractivity contribution < 1.29 is 13.1 Å². The normalized spacial score (nSPS) is 12.8. The second-order valence-electron chi connectivity index (χ2n) is 5.32. The fourth-order valence-electron chi connectivity index (χ4n) is 2.24. The Morgan fingerprint density at radius 3 is 2.00 bits per heavy atom. The molecule has 5 heteroatoms. The Morgan fingerprint density at radius 2 is 1.40 bits per heavy atom. The summed E-state index contributed by atoms with van der Waals surface area (Å²) in [7, 11) is -1.42. The zero-order valence-corrected chi connectivity index (χ0v) is 14.7.